The molecule has 3 nitrogen and oxygen atoms in total. The summed E-state index contributed by atoms with van der Waals surface area (Å²) in [5, 5.41) is 0. The van der Waals surface area contributed by atoms with Gasteiger partial charge >= 0.3 is 0 Å². The molecule has 0 amide bonds. The first-order chi connectivity index (χ1) is 5.74. The smallest absolute Gasteiger partial charge is 0.0908 e. The van der Waals surface area contributed by atoms with Gasteiger partial charge in [0.25, 0.3) is 0 Å². The monoisotopic (exact) mass is 169 g/mol. The van der Waals surface area contributed by atoms with Crippen LogP contribution in [0.15, 0.2) is 12.4 Å². The van der Waals surface area contributed by atoms with E-state index >= 15 is 0 Å². The third-order valence-electron chi connectivity index (χ3n) is 2.14. The van der Waals surface area contributed by atoms with E-state index in [1.54, 1.807) is 0 Å². The average molecular weight is 169 g/mol. The summed E-state index contributed by atoms with van der Waals surface area (Å²) in [4.78, 5) is 4.43. The van der Waals surface area contributed by atoms with Gasteiger partial charge in [-0.1, -0.05) is 13.3 Å². The number of nitrogens with two attached hydrogens (primary N) is 1. The molecule has 0 aromatic carbocycles. The minimum absolute atomic E-state index is 0.132. The molecule has 12 heavy (non-hydrogen) atoms. The molecule has 1 unspecified atom stereocenters. The Hall–Kier alpha value is -0.700. The van der Waals surface area contributed by atoms with Crippen LogP contribution in [0.3, 0.4) is 0 Å². The highest BCUT2D eigenvalue weighted by atomic mass is 15.4. The van der Waals surface area contributed by atoms with Crippen LogP contribution < -0.4 is 5.73 Å². The third kappa shape index (κ3) is 2.41. The highest BCUT2D eigenvalue weighted by molar-refractivity contribution is 4.91. The summed E-state index contributed by atoms with van der Waals surface area (Å²) in [6.45, 7) is 6.32. The van der Waals surface area contributed by atoms with Crippen LogP contribution in [0.25, 0.3) is 0 Å². The predicted octanol–water partition coefficient (Wildman–Crippen LogP) is 1.14. The summed E-state index contributed by atoms with van der Waals surface area (Å²) in [5.41, 5.74) is 5.74. The summed E-state index contributed by atoms with van der Waals surface area (Å²) in [6.07, 6.45) is 6.84. The minimum Gasteiger partial charge on any atom is -0.359 e. The molecule has 1 aliphatic rings. The van der Waals surface area contributed by atoms with E-state index in [1.165, 1.54) is 12.8 Å². The second-order valence-corrected chi connectivity index (χ2v) is 3.36. The molecule has 0 fully saturated rings. The normalized spacial score (nSPS) is 18.9. The predicted molar refractivity (Wildman–Crippen MR) is 51.1 cm³/mol. The van der Waals surface area contributed by atoms with Crippen molar-refractivity contribution in [2.45, 2.75) is 32.9 Å². The van der Waals surface area contributed by atoms with Crippen LogP contribution in [0.1, 0.15) is 26.7 Å². The van der Waals surface area contributed by atoms with Crippen molar-refractivity contribution < 1.29 is 0 Å². The number of nitrogens with zero attached hydrogens (tertiary/aromatic N) is 2. The molecule has 0 radical (unpaired) electrons. The Bertz CT molecular complexity index is 154. The van der Waals surface area contributed by atoms with Gasteiger partial charge in [-0.05, 0) is 13.3 Å². The molecule has 0 spiro atoms. The van der Waals surface area contributed by atoms with Gasteiger partial charge in [0.2, 0.25) is 0 Å². The van der Waals surface area contributed by atoms with Crippen molar-refractivity contribution in [3.8, 4) is 0 Å². The maximum absolute atomic E-state index is 5.74. The van der Waals surface area contributed by atoms with Crippen LogP contribution in [0, 0.1) is 0 Å². The molecular weight excluding hydrogens is 150 g/mol. The molecule has 1 heterocycles. The van der Waals surface area contributed by atoms with Crippen LogP contribution in [0.4, 0.5) is 0 Å². The highest BCUT2D eigenvalue weighted by Crippen LogP contribution is 2.08. The van der Waals surface area contributed by atoms with Crippen molar-refractivity contribution in [2.24, 2.45) is 5.73 Å². The van der Waals surface area contributed by atoms with Gasteiger partial charge in [-0.2, -0.15) is 0 Å². The van der Waals surface area contributed by atoms with Crippen LogP contribution >= 0.6 is 0 Å². The maximum Gasteiger partial charge on any atom is 0.0908 e. The lowest BCUT2D eigenvalue weighted by Gasteiger charge is -2.23. The lowest BCUT2D eigenvalue weighted by molar-refractivity contribution is 0.223. The van der Waals surface area contributed by atoms with E-state index < -0.39 is 0 Å². The van der Waals surface area contributed by atoms with Gasteiger partial charge in [-0.3, -0.25) is 0 Å². The topological polar surface area (TPSA) is 32.5 Å². The van der Waals surface area contributed by atoms with Crippen molar-refractivity contribution in [1.82, 2.24) is 9.80 Å². The van der Waals surface area contributed by atoms with E-state index in [0.29, 0.717) is 0 Å². The number of rotatable bonds is 4. The summed E-state index contributed by atoms with van der Waals surface area (Å²) in [7, 11) is 0. The Morgan fingerprint density at radius 1 is 1.50 bits per heavy atom. The molecule has 0 aromatic heterocycles. The zero-order chi connectivity index (χ0) is 8.97. The van der Waals surface area contributed by atoms with E-state index in [4.69, 9.17) is 5.73 Å². The SMILES string of the molecule is CCCCN1C=CN(C(C)N)C1. The van der Waals surface area contributed by atoms with Gasteiger partial charge < -0.3 is 15.5 Å². The van der Waals surface area contributed by atoms with Crippen molar-refractivity contribution >= 4 is 0 Å². The molecule has 0 saturated heterocycles. The van der Waals surface area contributed by atoms with Crippen LogP contribution in [0.2, 0.25) is 0 Å². The quantitative estimate of drug-likeness (QED) is 0.685. The van der Waals surface area contributed by atoms with Gasteiger partial charge in [-0.15, -0.1) is 0 Å². The van der Waals surface area contributed by atoms with Gasteiger partial charge in [0.05, 0.1) is 12.8 Å². The molecule has 0 saturated carbocycles. The highest BCUT2D eigenvalue weighted by Gasteiger charge is 2.13. The standard InChI is InChI=1S/C9H19N3/c1-3-4-5-11-6-7-12(8-11)9(2)10/h6-7,9H,3-5,8,10H2,1-2H3. The molecule has 2 N–H and O–H groups in total. The Labute approximate surface area is 74.8 Å². The molecule has 3 heteroatoms. The number of hydrogen-bond donors (Lipinski definition) is 1. The van der Waals surface area contributed by atoms with E-state index in [9.17, 15) is 0 Å². The average Bonchev–Trinajstić information content (AvgIpc) is 2.48. The molecular formula is C9H19N3. The Morgan fingerprint density at radius 3 is 2.75 bits per heavy atom. The molecule has 0 aromatic rings. The van der Waals surface area contributed by atoms with E-state index in [2.05, 4.69) is 29.1 Å². The van der Waals surface area contributed by atoms with Crippen molar-refractivity contribution in [3.05, 3.63) is 12.4 Å². The lowest BCUT2D eigenvalue weighted by Crippen LogP contribution is -2.37. The first-order valence-electron chi connectivity index (χ1n) is 4.67. The second-order valence-electron chi connectivity index (χ2n) is 3.36. The molecule has 0 bridgehead atoms. The molecule has 1 atom stereocenters. The largest absolute Gasteiger partial charge is 0.359 e. The van der Waals surface area contributed by atoms with Crippen molar-refractivity contribution in [2.75, 3.05) is 13.2 Å². The van der Waals surface area contributed by atoms with Crippen molar-refractivity contribution in [1.29, 1.82) is 0 Å². The number of unbranched alkanes of at least 4 members (excludes halogenated alkanes) is 1. The Balaban J connectivity index is 2.23. The fourth-order valence-electron chi connectivity index (χ4n) is 1.25. The molecule has 1 rings (SSSR count). The summed E-state index contributed by atoms with van der Waals surface area (Å²) >= 11 is 0. The van der Waals surface area contributed by atoms with Crippen molar-refractivity contribution in [3.63, 3.8) is 0 Å². The maximum atomic E-state index is 5.74. The minimum atomic E-state index is 0.132. The van der Waals surface area contributed by atoms with E-state index in [1.807, 2.05) is 6.92 Å². The zero-order valence-corrected chi connectivity index (χ0v) is 8.03. The Morgan fingerprint density at radius 2 is 2.25 bits per heavy atom. The summed E-state index contributed by atoms with van der Waals surface area (Å²) < 4.78 is 0. The van der Waals surface area contributed by atoms with Crippen LogP contribution in [-0.4, -0.2) is 29.2 Å². The molecule has 1 aliphatic heterocycles. The second kappa shape index (κ2) is 4.36. The van der Waals surface area contributed by atoms with Gasteiger partial charge in [0.15, 0.2) is 0 Å². The van der Waals surface area contributed by atoms with E-state index in [0.717, 1.165) is 13.2 Å². The summed E-state index contributed by atoms with van der Waals surface area (Å²) in [6, 6.07) is 0. The Kier molecular flexibility index (Phi) is 3.41. The van der Waals surface area contributed by atoms with E-state index in [-0.39, 0.29) is 6.17 Å². The lowest BCUT2D eigenvalue weighted by atomic mass is 10.3. The van der Waals surface area contributed by atoms with Gasteiger partial charge in [0, 0.05) is 18.9 Å². The first kappa shape index (κ1) is 9.39. The van der Waals surface area contributed by atoms with Crippen LogP contribution in [0.5, 0.6) is 0 Å². The fraction of sp³-hybridized carbons (Fsp3) is 0.778. The zero-order valence-electron chi connectivity index (χ0n) is 8.03. The first-order valence-corrected chi connectivity index (χ1v) is 4.67. The summed E-state index contributed by atoms with van der Waals surface area (Å²) in [5.74, 6) is 0. The van der Waals surface area contributed by atoms with Gasteiger partial charge in [0.1, 0.15) is 0 Å². The molecule has 0 aliphatic carbocycles. The fourth-order valence-corrected chi connectivity index (χ4v) is 1.25. The van der Waals surface area contributed by atoms with Crippen LogP contribution in [-0.2, 0) is 0 Å². The third-order valence-corrected chi connectivity index (χ3v) is 2.14. The van der Waals surface area contributed by atoms with Gasteiger partial charge in [-0.25, -0.2) is 0 Å². The number of hydrogen-bond acceptors (Lipinski definition) is 3. The molecule has 70 valence electrons.